The molecule has 6 heteroatoms. The van der Waals surface area contributed by atoms with Gasteiger partial charge in [-0.05, 0) is 57.9 Å². The van der Waals surface area contributed by atoms with E-state index in [-0.39, 0.29) is 24.2 Å². The van der Waals surface area contributed by atoms with Crippen molar-refractivity contribution >= 4 is 23.5 Å². The summed E-state index contributed by atoms with van der Waals surface area (Å²) in [5.41, 5.74) is 1.81. The first kappa shape index (κ1) is 19.5. The van der Waals surface area contributed by atoms with Gasteiger partial charge in [-0.3, -0.25) is 4.79 Å². The Morgan fingerprint density at radius 3 is 2.35 bits per heavy atom. The van der Waals surface area contributed by atoms with E-state index in [1.807, 2.05) is 34.6 Å². The smallest absolute Gasteiger partial charge is 0.326 e. The fourth-order valence-electron chi connectivity index (χ4n) is 1.93. The summed E-state index contributed by atoms with van der Waals surface area (Å²) in [5, 5.41) is 12.1. The number of aliphatic carboxylic acids is 1. The Morgan fingerprint density at radius 1 is 1.26 bits per heavy atom. The number of carboxylic acid groups (broad SMARTS) is 1. The molecule has 0 aliphatic carbocycles. The van der Waals surface area contributed by atoms with E-state index >= 15 is 0 Å². The van der Waals surface area contributed by atoms with Crippen LogP contribution in [0.5, 0.6) is 0 Å². The number of amides is 1. The summed E-state index contributed by atoms with van der Waals surface area (Å²) < 4.78 is 5.52. The minimum absolute atomic E-state index is 0.181. The third-order valence-electron chi connectivity index (χ3n) is 3.37. The maximum atomic E-state index is 12.3. The Bertz CT molecular complexity index is 593. The molecule has 1 atom stereocenters. The van der Waals surface area contributed by atoms with E-state index in [9.17, 15) is 14.7 Å². The Hall–Kier alpha value is -1.59. The van der Waals surface area contributed by atoms with Gasteiger partial charge >= 0.3 is 5.97 Å². The third-order valence-corrected chi connectivity index (χ3v) is 3.69. The molecule has 0 heterocycles. The summed E-state index contributed by atoms with van der Waals surface area (Å²) in [6, 6.07) is 2.34. The molecule has 0 aromatic heterocycles. The van der Waals surface area contributed by atoms with Crippen molar-refractivity contribution in [2.45, 2.75) is 52.7 Å². The van der Waals surface area contributed by atoms with Gasteiger partial charge in [0.1, 0.15) is 6.04 Å². The molecule has 1 amide bonds. The lowest BCUT2D eigenvalue weighted by molar-refractivity contribution is -0.140. The van der Waals surface area contributed by atoms with Crippen molar-refractivity contribution < 1.29 is 19.4 Å². The largest absolute Gasteiger partial charge is 0.480 e. The van der Waals surface area contributed by atoms with Gasteiger partial charge in [0.05, 0.1) is 16.2 Å². The average molecular weight is 342 g/mol. The molecule has 1 aromatic rings. The van der Waals surface area contributed by atoms with Gasteiger partial charge in [0.25, 0.3) is 5.91 Å². The lowest BCUT2D eigenvalue weighted by atomic mass is 10.1. The molecule has 0 fully saturated rings. The van der Waals surface area contributed by atoms with E-state index < -0.39 is 17.9 Å². The molecule has 1 aromatic carbocycles. The summed E-state index contributed by atoms with van der Waals surface area (Å²) in [7, 11) is 0. The number of hydrogen-bond acceptors (Lipinski definition) is 3. The topological polar surface area (TPSA) is 75.6 Å². The number of halogens is 1. The molecule has 23 heavy (non-hydrogen) atoms. The number of ether oxygens (including phenoxy) is 1. The monoisotopic (exact) mass is 341 g/mol. The van der Waals surface area contributed by atoms with Gasteiger partial charge in [-0.25, -0.2) is 4.79 Å². The summed E-state index contributed by atoms with van der Waals surface area (Å²) in [6.45, 7) is 9.66. The normalized spacial score (nSPS) is 12.8. The molecular formula is C17H24ClNO4. The highest BCUT2D eigenvalue weighted by molar-refractivity contribution is 6.34. The lowest BCUT2D eigenvalue weighted by Gasteiger charge is -2.21. The predicted octanol–water partition coefficient (Wildman–Crippen LogP) is 3.35. The van der Waals surface area contributed by atoms with Crippen LogP contribution in [-0.2, 0) is 9.53 Å². The first-order valence-corrected chi connectivity index (χ1v) is 7.83. The first-order chi connectivity index (χ1) is 10.5. The average Bonchev–Trinajstić information content (AvgIpc) is 2.40. The minimum Gasteiger partial charge on any atom is -0.480 e. The van der Waals surface area contributed by atoms with Crippen LogP contribution in [0.4, 0.5) is 0 Å². The Morgan fingerprint density at radius 2 is 1.83 bits per heavy atom. The lowest BCUT2D eigenvalue weighted by Crippen LogP contribution is -2.42. The van der Waals surface area contributed by atoms with Crippen molar-refractivity contribution in [2.24, 2.45) is 0 Å². The number of carbonyl (C=O) groups excluding carboxylic acids is 1. The van der Waals surface area contributed by atoms with Crippen LogP contribution in [-0.4, -0.2) is 35.2 Å². The first-order valence-electron chi connectivity index (χ1n) is 7.45. The molecule has 0 saturated heterocycles. The van der Waals surface area contributed by atoms with Crippen molar-refractivity contribution in [1.29, 1.82) is 0 Å². The van der Waals surface area contributed by atoms with Crippen LogP contribution in [0.2, 0.25) is 5.02 Å². The number of carboxylic acids is 1. The fraction of sp³-hybridized carbons (Fsp3) is 0.529. The molecule has 0 radical (unpaired) electrons. The van der Waals surface area contributed by atoms with Crippen LogP contribution in [0.15, 0.2) is 12.1 Å². The number of hydrogen-bond donors (Lipinski definition) is 2. The van der Waals surface area contributed by atoms with Gasteiger partial charge in [0.15, 0.2) is 0 Å². The third kappa shape index (κ3) is 6.20. The van der Waals surface area contributed by atoms with Gasteiger partial charge in [0, 0.05) is 13.0 Å². The molecule has 0 bridgehead atoms. The Kier molecular flexibility index (Phi) is 6.59. The van der Waals surface area contributed by atoms with Crippen molar-refractivity contribution in [3.05, 3.63) is 33.8 Å². The number of rotatable bonds is 6. The SMILES string of the molecule is Cc1cc(Cl)c(C(=O)NC(CCOC(C)(C)C)C(=O)O)cc1C. The van der Waals surface area contributed by atoms with E-state index in [4.69, 9.17) is 16.3 Å². The number of benzene rings is 1. The second-order valence-corrected chi connectivity index (χ2v) is 6.94. The molecule has 128 valence electrons. The van der Waals surface area contributed by atoms with Crippen molar-refractivity contribution in [2.75, 3.05) is 6.61 Å². The van der Waals surface area contributed by atoms with E-state index in [1.165, 1.54) is 0 Å². The van der Waals surface area contributed by atoms with Gasteiger partial charge in [0.2, 0.25) is 0 Å². The highest BCUT2D eigenvalue weighted by Gasteiger charge is 2.23. The molecular weight excluding hydrogens is 318 g/mol. The quantitative estimate of drug-likeness (QED) is 0.832. The Labute approximate surface area is 142 Å². The zero-order valence-electron chi connectivity index (χ0n) is 14.2. The van der Waals surface area contributed by atoms with Gasteiger partial charge < -0.3 is 15.2 Å². The maximum Gasteiger partial charge on any atom is 0.326 e. The molecule has 0 aliphatic heterocycles. The zero-order chi connectivity index (χ0) is 17.8. The summed E-state index contributed by atoms with van der Waals surface area (Å²) in [6.07, 6.45) is 0.181. The van der Waals surface area contributed by atoms with E-state index in [0.29, 0.717) is 5.02 Å². The van der Waals surface area contributed by atoms with Gasteiger partial charge in [-0.15, -0.1) is 0 Å². The summed E-state index contributed by atoms with van der Waals surface area (Å²) in [4.78, 5) is 23.6. The summed E-state index contributed by atoms with van der Waals surface area (Å²) >= 11 is 6.09. The molecule has 1 unspecified atom stereocenters. The van der Waals surface area contributed by atoms with Gasteiger partial charge in [-0.1, -0.05) is 11.6 Å². The number of carbonyl (C=O) groups is 2. The van der Waals surface area contributed by atoms with Crippen LogP contribution in [0, 0.1) is 13.8 Å². The van der Waals surface area contributed by atoms with Crippen LogP contribution in [0.1, 0.15) is 48.7 Å². The van der Waals surface area contributed by atoms with Gasteiger partial charge in [-0.2, -0.15) is 0 Å². The fourth-order valence-corrected chi connectivity index (χ4v) is 2.24. The number of aryl methyl sites for hydroxylation is 2. The second-order valence-electron chi connectivity index (χ2n) is 6.53. The van der Waals surface area contributed by atoms with Crippen LogP contribution in [0.25, 0.3) is 0 Å². The summed E-state index contributed by atoms with van der Waals surface area (Å²) in [5.74, 6) is -1.60. The predicted molar refractivity (Wildman–Crippen MR) is 90.1 cm³/mol. The minimum atomic E-state index is -1.10. The van der Waals surface area contributed by atoms with E-state index in [0.717, 1.165) is 11.1 Å². The Balaban J connectivity index is 2.79. The standard InChI is InChI=1S/C17H24ClNO4/c1-10-8-12(13(18)9-11(10)2)15(20)19-14(16(21)22)6-7-23-17(3,4)5/h8-9,14H,6-7H2,1-5H3,(H,19,20)(H,21,22). The van der Waals surface area contributed by atoms with Crippen LogP contribution in [0.3, 0.4) is 0 Å². The van der Waals surface area contributed by atoms with Crippen molar-refractivity contribution in [3.8, 4) is 0 Å². The van der Waals surface area contributed by atoms with Crippen molar-refractivity contribution in [1.82, 2.24) is 5.32 Å². The number of nitrogens with one attached hydrogen (secondary N) is 1. The van der Waals surface area contributed by atoms with Crippen LogP contribution >= 0.6 is 11.6 Å². The molecule has 2 N–H and O–H groups in total. The molecule has 0 spiro atoms. The van der Waals surface area contributed by atoms with Crippen molar-refractivity contribution in [3.63, 3.8) is 0 Å². The van der Waals surface area contributed by atoms with Crippen LogP contribution < -0.4 is 5.32 Å². The van der Waals surface area contributed by atoms with E-state index in [1.54, 1.807) is 12.1 Å². The maximum absolute atomic E-state index is 12.3. The molecule has 5 nitrogen and oxygen atoms in total. The second kappa shape index (κ2) is 7.79. The molecule has 1 rings (SSSR count). The molecule has 0 saturated carbocycles. The van der Waals surface area contributed by atoms with E-state index in [2.05, 4.69) is 5.32 Å². The zero-order valence-corrected chi connectivity index (χ0v) is 15.0. The molecule has 0 aliphatic rings. The highest BCUT2D eigenvalue weighted by atomic mass is 35.5. The highest BCUT2D eigenvalue weighted by Crippen LogP contribution is 2.21.